The Hall–Kier alpha value is -3.26. The fourth-order valence-corrected chi connectivity index (χ4v) is 3.60. The second-order valence-corrected chi connectivity index (χ2v) is 7.62. The number of anilines is 1. The monoisotopic (exact) mass is 424 g/mol. The summed E-state index contributed by atoms with van der Waals surface area (Å²) in [5.41, 5.74) is 2.01. The van der Waals surface area contributed by atoms with Crippen molar-refractivity contribution in [3.8, 4) is 0 Å². The Kier molecular flexibility index (Phi) is 6.57. The topological polar surface area (TPSA) is 80.5 Å². The molecule has 1 aliphatic heterocycles. The summed E-state index contributed by atoms with van der Waals surface area (Å²) in [5.74, 6) is 0.479. The maximum absolute atomic E-state index is 13.8. The van der Waals surface area contributed by atoms with Gasteiger partial charge in [-0.3, -0.25) is 0 Å². The van der Waals surface area contributed by atoms with Gasteiger partial charge in [0.15, 0.2) is 5.82 Å². The molecule has 1 fully saturated rings. The molecule has 2 heterocycles. The third kappa shape index (κ3) is 5.27. The van der Waals surface area contributed by atoms with Crippen LogP contribution in [0.3, 0.4) is 0 Å². The summed E-state index contributed by atoms with van der Waals surface area (Å²) in [6.45, 7) is 2.89. The predicted molar refractivity (Wildman–Crippen MR) is 113 cm³/mol. The molecule has 1 aromatic heterocycles. The van der Waals surface area contributed by atoms with Gasteiger partial charge in [-0.15, -0.1) is 0 Å². The number of likely N-dealkylation sites (tertiary alicyclic amines) is 1. The lowest BCUT2D eigenvalue weighted by Crippen LogP contribution is -2.41. The molecular weight excluding hydrogens is 399 g/mol. The number of nitrogens with one attached hydrogen (secondary N) is 1. The van der Waals surface area contributed by atoms with Crippen LogP contribution in [0.4, 0.5) is 14.9 Å². The molecule has 31 heavy (non-hydrogen) atoms. The lowest BCUT2D eigenvalue weighted by Gasteiger charge is -2.33. The van der Waals surface area contributed by atoms with Gasteiger partial charge in [0.1, 0.15) is 12.4 Å². The van der Waals surface area contributed by atoms with Crippen molar-refractivity contribution in [2.75, 3.05) is 11.9 Å². The quantitative estimate of drug-likeness (QED) is 0.603. The molecule has 1 atom stereocenters. The Labute approximate surface area is 180 Å². The first kappa shape index (κ1) is 21.0. The second kappa shape index (κ2) is 9.70. The molecule has 3 aromatic rings. The number of piperidine rings is 1. The Morgan fingerprint density at radius 2 is 2.06 bits per heavy atom. The predicted octanol–water partition coefficient (Wildman–Crippen LogP) is 4.99. The van der Waals surface area contributed by atoms with Gasteiger partial charge in [-0.1, -0.05) is 41.6 Å². The summed E-state index contributed by atoms with van der Waals surface area (Å²) in [4.78, 5) is 19.0. The van der Waals surface area contributed by atoms with Crippen LogP contribution < -0.4 is 5.32 Å². The number of hydrogen-bond acceptors (Lipinski definition) is 5. The minimum atomic E-state index is -0.355. The van der Waals surface area contributed by atoms with Crippen molar-refractivity contribution in [3.63, 3.8) is 0 Å². The van der Waals surface area contributed by atoms with E-state index in [2.05, 4.69) is 15.5 Å². The van der Waals surface area contributed by atoms with Crippen LogP contribution in [-0.4, -0.2) is 27.6 Å². The summed E-state index contributed by atoms with van der Waals surface area (Å²) in [7, 11) is 0. The van der Waals surface area contributed by atoms with Crippen molar-refractivity contribution in [2.45, 2.75) is 45.4 Å². The third-order valence-corrected chi connectivity index (χ3v) is 5.31. The number of carbonyl (C=O) groups is 1. The van der Waals surface area contributed by atoms with E-state index in [0.29, 0.717) is 36.1 Å². The van der Waals surface area contributed by atoms with Gasteiger partial charge < -0.3 is 19.5 Å². The first-order chi connectivity index (χ1) is 15.1. The maximum Gasteiger partial charge on any atom is 0.322 e. The molecule has 1 unspecified atom stereocenters. The molecule has 0 bridgehead atoms. The van der Waals surface area contributed by atoms with Gasteiger partial charge in [0, 0.05) is 12.2 Å². The SMILES string of the molecule is Cc1ccc(NC(=O)N2CCCCC2c2noc(COCc3ccccc3)n2)cc1F. The zero-order chi connectivity index (χ0) is 21.6. The van der Waals surface area contributed by atoms with Gasteiger partial charge >= 0.3 is 6.03 Å². The minimum absolute atomic E-state index is 0.198. The van der Waals surface area contributed by atoms with Crippen molar-refractivity contribution in [2.24, 2.45) is 0 Å². The molecule has 4 rings (SSSR count). The van der Waals surface area contributed by atoms with E-state index in [1.165, 1.54) is 6.07 Å². The third-order valence-electron chi connectivity index (χ3n) is 5.31. The molecule has 7 nitrogen and oxygen atoms in total. The standard InChI is InChI=1S/C23H25FN4O3/c1-16-10-11-18(13-19(16)24)25-23(29)28-12-6-5-9-20(28)22-26-21(31-27-22)15-30-14-17-7-3-2-4-8-17/h2-4,7-8,10-11,13,20H,5-6,9,12,14-15H2,1H3,(H,25,29). The van der Waals surface area contributed by atoms with Gasteiger partial charge in [0.05, 0.1) is 12.6 Å². The molecule has 0 spiro atoms. The molecular formula is C23H25FN4O3. The van der Waals surface area contributed by atoms with Crippen LogP contribution in [-0.2, 0) is 18.0 Å². The van der Waals surface area contributed by atoms with E-state index in [0.717, 1.165) is 24.8 Å². The van der Waals surface area contributed by atoms with Crippen LogP contribution in [0.15, 0.2) is 53.1 Å². The van der Waals surface area contributed by atoms with Crippen LogP contribution in [0, 0.1) is 12.7 Å². The van der Waals surface area contributed by atoms with Gasteiger partial charge in [0.25, 0.3) is 5.89 Å². The Morgan fingerprint density at radius 3 is 2.87 bits per heavy atom. The minimum Gasteiger partial charge on any atom is -0.367 e. The average molecular weight is 424 g/mol. The Balaban J connectivity index is 1.39. The van der Waals surface area contributed by atoms with Gasteiger partial charge in [-0.25, -0.2) is 9.18 Å². The number of halogens is 1. The normalized spacial score (nSPS) is 16.3. The summed E-state index contributed by atoms with van der Waals surface area (Å²) < 4.78 is 24.8. The van der Waals surface area contributed by atoms with Gasteiger partial charge in [0.2, 0.25) is 0 Å². The van der Waals surface area contributed by atoms with Crippen molar-refractivity contribution in [1.82, 2.24) is 15.0 Å². The summed E-state index contributed by atoms with van der Waals surface area (Å²) in [6.07, 6.45) is 2.58. The number of amides is 2. The van der Waals surface area contributed by atoms with E-state index in [1.54, 1.807) is 24.0 Å². The van der Waals surface area contributed by atoms with Crippen molar-refractivity contribution in [3.05, 3.63) is 77.2 Å². The zero-order valence-corrected chi connectivity index (χ0v) is 17.4. The highest BCUT2D eigenvalue weighted by Gasteiger charge is 2.31. The summed E-state index contributed by atoms with van der Waals surface area (Å²) in [5, 5.41) is 6.86. The van der Waals surface area contributed by atoms with Gasteiger partial charge in [-0.2, -0.15) is 4.98 Å². The fraction of sp³-hybridized carbons (Fsp3) is 0.348. The average Bonchev–Trinajstić information content (AvgIpc) is 3.26. The van der Waals surface area contributed by atoms with Crippen LogP contribution in [0.25, 0.3) is 0 Å². The largest absolute Gasteiger partial charge is 0.367 e. The molecule has 0 saturated carbocycles. The zero-order valence-electron chi connectivity index (χ0n) is 17.4. The number of hydrogen-bond donors (Lipinski definition) is 1. The maximum atomic E-state index is 13.8. The number of benzene rings is 2. The van der Waals surface area contributed by atoms with Crippen molar-refractivity contribution >= 4 is 11.7 Å². The first-order valence-electron chi connectivity index (χ1n) is 10.4. The van der Waals surface area contributed by atoms with E-state index in [4.69, 9.17) is 9.26 Å². The Bertz CT molecular complexity index is 1020. The van der Waals surface area contributed by atoms with Crippen molar-refractivity contribution in [1.29, 1.82) is 0 Å². The van der Waals surface area contributed by atoms with E-state index in [-0.39, 0.29) is 24.5 Å². The van der Waals surface area contributed by atoms with E-state index < -0.39 is 0 Å². The molecule has 0 aliphatic carbocycles. The number of urea groups is 1. The van der Waals surface area contributed by atoms with Crippen LogP contribution in [0.5, 0.6) is 0 Å². The number of nitrogens with zero attached hydrogens (tertiary/aromatic N) is 3. The second-order valence-electron chi connectivity index (χ2n) is 7.62. The van der Waals surface area contributed by atoms with Crippen LogP contribution in [0.1, 0.15) is 48.1 Å². The number of ether oxygens (including phenoxy) is 1. The first-order valence-corrected chi connectivity index (χ1v) is 10.4. The molecule has 1 N–H and O–H groups in total. The fourth-order valence-electron chi connectivity index (χ4n) is 3.60. The molecule has 0 radical (unpaired) electrons. The van der Waals surface area contributed by atoms with E-state index in [9.17, 15) is 9.18 Å². The smallest absolute Gasteiger partial charge is 0.322 e. The summed E-state index contributed by atoms with van der Waals surface area (Å²) in [6, 6.07) is 13.9. The Morgan fingerprint density at radius 1 is 1.23 bits per heavy atom. The highest BCUT2D eigenvalue weighted by molar-refractivity contribution is 5.89. The number of aromatic nitrogens is 2. The van der Waals surface area contributed by atoms with E-state index in [1.807, 2.05) is 30.3 Å². The van der Waals surface area contributed by atoms with Crippen LogP contribution >= 0.6 is 0 Å². The lowest BCUT2D eigenvalue weighted by atomic mass is 10.0. The number of rotatable bonds is 6. The molecule has 8 heteroatoms. The number of aryl methyl sites for hydroxylation is 1. The van der Waals surface area contributed by atoms with Gasteiger partial charge in [-0.05, 0) is 49.4 Å². The number of carbonyl (C=O) groups excluding carboxylic acids is 1. The van der Waals surface area contributed by atoms with E-state index >= 15 is 0 Å². The molecule has 1 aliphatic rings. The highest BCUT2D eigenvalue weighted by atomic mass is 19.1. The molecule has 2 aromatic carbocycles. The molecule has 1 saturated heterocycles. The molecule has 162 valence electrons. The van der Waals surface area contributed by atoms with Crippen LogP contribution in [0.2, 0.25) is 0 Å². The summed E-state index contributed by atoms with van der Waals surface area (Å²) >= 11 is 0. The lowest BCUT2D eigenvalue weighted by molar-refractivity contribution is 0.0850. The molecule has 2 amide bonds. The van der Waals surface area contributed by atoms with Crippen molar-refractivity contribution < 1.29 is 18.4 Å². The highest BCUT2D eigenvalue weighted by Crippen LogP contribution is 2.30.